The van der Waals surface area contributed by atoms with Crippen molar-refractivity contribution in [3.63, 3.8) is 0 Å². The number of pyridine rings is 1. The molecule has 0 aliphatic heterocycles. The van der Waals surface area contributed by atoms with E-state index in [0.717, 1.165) is 35.9 Å². The van der Waals surface area contributed by atoms with Crippen LogP contribution in [-0.4, -0.2) is 46.7 Å². The molecular weight excluding hydrogens is 400 g/mol. The van der Waals surface area contributed by atoms with Crippen LogP contribution in [0.25, 0.3) is 22.3 Å². The van der Waals surface area contributed by atoms with Crippen LogP contribution in [0.15, 0.2) is 30.7 Å². The van der Waals surface area contributed by atoms with Gasteiger partial charge < -0.3 is 10.3 Å². The molecule has 3 aromatic heterocycles. The van der Waals surface area contributed by atoms with Gasteiger partial charge in [0.05, 0.1) is 6.26 Å². The van der Waals surface area contributed by atoms with Crippen LogP contribution in [0.1, 0.15) is 25.7 Å². The summed E-state index contributed by atoms with van der Waals surface area (Å²) in [5.41, 5.74) is 3.26. The predicted octanol–water partition coefficient (Wildman–Crippen LogP) is 2.95. The molecular formula is C18H21ClN6O2S. The zero-order valence-electron chi connectivity index (χ0n) is 15.3. The monoisotopic (exact) mass is 420 g/mol. The van der Waals surface area contributed by atoms with Gasteiger partial charge in [-0.15, -0.1) is 0 Å². The number of hydrogen-bond acceptors (Lipinski definition) is 6. The average Bonchev–Trinajstić information content (AvgIpc) is 3.04. The highest BCUT2D eigenvalue weighted by Gasteiger charge is 2.24. The number of anilines is 1. The van der Waals surface area contributed by atoms with E-state index in [2.05, 4.69) is 30.0 Å². The number of sulfonamides is 1. The van der Waals surface area contributed by atoms with Gasteiger partial charge in [-0.25, -0.2) is 23.1 Å². The van der Waals surface area contributed by atoms with Gasteiger partial charge in [0.15, 0.2) is 5.65 Å². The number of rotatable bonds is 5. The van der Waals surface area contributed by atoms with Gasteiger partial charge in [-0.1, -0.05) is 11.6 Å². The van der Waals surface area contributed by atoms with Gasteiger partial charge in [0.2, 0.25) is 10.0 Å². The van der Waals surface area contributed by atoms with E-state index < -0.39 is 10.0 Å². The number of nitrogens with one attached hydrogen (secondary N) is 3. The molecule has 10 heteroatoms. The summed E-state index contributed by atoms with van der Waals surface area (Å²) >= 11 is 6.26. The summed E-state index contributed by atoms with van der Waals surface area (Å²) in [7, 11) is -3.21. The number of halogens is 1. The summed E-state index contributed by atoms with van der Waals surface area (Å²) in [4.78, 5) is 16.2. The largest absolute Gasteiger partial charge is 0.367 e. The summed E-state index contributed by atoms with van der Waals surface area (Å²) in [6, 6.07) is 3.77. The van der Waals surface area contributed by atoms with E-state index in [1.807, 2.05) is 12.3 Å². The summed E-state index contributed by atoms with van der Waals surface area (Å²) in [6.45, 7) is 0. The van der Waals surface area contributed by atoms with Crippen molar-refractivity contribution in [2.45, 2.75) is 37.8 Å². The van der Waals surface area contributed by atoms with Crippen LogP contribution in [0.5, 0.6) is 0 Å². The molecule has 148 valence electrons. The minimum absolute atomic E-state index is 0.0659. The maximum absolute atomic E-state index is 11.5. The molecule has 0 spiro atoms. The van der Waals surface area contributed by atoms with Crippen LogP contribution in [-0.2, 0) is 10.0 Å². The molecule has 2 atom stereocenters. The molecule has 1 saturated carbocycles. The molecule has 0 amide bonds. The zero-order valence-corrected chi connectivity index (χ0v) is 16.9. The fraction of sp³-hybridized carbons (Fsp3) is 0.389. The first kappa shape index (κ1) is 19.1. The first-order valence-corrected chi connectivity index (χ1v) is 11.3. The van der Waals surface area contributed by atoms with E-state index in [1.165, 1.54) is 6.26 Å². The number of H-pyrrole nitrogens is 1. The zero-order chi connectivity index (χ0) is 19.7. The van der Waals surface area contributed by atoms with Crippen LogP contribution >= 0.6 is 11.6 Å². The van der Waals surface area contributed by atoms with E-state index in [0.29, 0.717) is 23.0 Å². The molecule has 1 aliphatic carbocycles. The van der Waals surface area contributed by atoms with Crippen LogP contribution in [0, 0.1) is 0 Å². The number of aromatic amines is 1. The Labute approximate surface area is 168 Å². The minimum atomic E-state index is -3.21. The normalized spacial score (nSPS) is 20.4. The summed E-state index contributed by atoms with van der Waals surface area (Å²) < 4.78 is 25.7. The predicted molar refractivity (Wildman–Crippen MR) is 110 cm³/mol. The Bertz CT molecular complexity index is 1100. The Kier molecular flexibility index (Phi) is 5.22. The molecule has 0 radical (unpaired) electrons. The quantitative estimate of drug-likeness (QED) is 0.547. The molecule has 4 rings (SSSR count). The highest BCUT2D eigenvalue weighted by atomic mass is 35.5. The van der Waals surface area contributed by atoms with Gasteiger partial charge in [-0.2, -0.15) is 0 Å². The van der Waals surface area contributed by atoms with Gasteiger partial charge in [0, 0.05) is 36.2 Å². The number of fused-ring (bicyclic) bond motifs is 1. The highest BCUT2D eigenvalue weighted by Crippen LogP contribution is 2.30. The Balaban J connectivity index is 1.56. The lowest BCUT2D eigenvalue weighted by atomic mass is 9.91. The van der Waals surface area contributed by atoms with E-state index in [1.54, 1.807) is 18.5 Å². The molecule has 2 unspecified atom stereocenters. The Morgan fingerprint density at radius 2 is 1.96 bits per heavy atom. The maximum Gasteiger partial charge on any atom is 0.208 e. The minimum Gasteiger partial charge on any atom is -0.367 e. The van der Waals surface area contributed by atoms with Crippen LogP contribution in [0.2, 0.25) is 5.15 Å². The molecule has 8 nitrogen and oxygen atoms in total. The first-order chi connectivity index (χ1) is 13.4. The van der Waals surface area contributed by atoms with Crippen molar-refractivity contribution < 1.29 is 8.42 Å². The molecule has 28 heavy (non-hydrogen) atoms. The molecule has 3 aromatic rings. The SMILES string of the molecule is CS(=O)(=O)NC1CCCC(Nc2cc(-c3c[nH]c4nccnc34)cc(Cl)n2)C1. The topological polar surface area (TPSA) is 113 Å². The first-order valence-electron chi connectivity index (χ1n) is 9.07. The van der Waals surface area contributed by atoms with Crippen LogP contribution in [0.4, 0.5) is 5.82 Å². The van der Waals surface area contributed by atoms with Crippen molar-refractivity contribution in [3.8, 4) is 11.1 Å². The Morgan fingerprint density at radius 1 is 1.18 bits per heavy atom. The second kappa shape index (κ2) is 7.65. The van der Waals surface area contributed by atoms with E-state index >= 15 is 0 Å². The molecule has 0 saturated heterocycles. The Morgan fingerprint density at radius 3 is 2.79 bits per heavy atom. The third-order valence-electron chi connectivity index (χ3n) is 4.82. The average molecular weight is 421 g/mol. The van der Waals surface area contributed by atoms with Crippen molar-refractivity contribution in [2.75, 3.05) is 11.6 Å². The van der Waals surface area contributed by atoms with Gasteiger partial charge in [-0.3, -0.25) is 4.98 Å². The van der Waals surface area contributed by atoms with Crippen LogP contribution in [0.3, 0.4) is 0 Å². The number of nitrogens with zero attached hydrogens (tertiary/aromatic N) is 3. The molecule has 0 aromatic carbocycles. The second-order valence-electron chi connectivity index (χ2n) is 7.11. The summed E-state index contributed by atoms with van der Waals surface area (Å²) in [6.07, 6.45) is 9.77. The molecule has 1 fully saturated rings. The van der Waals surface area contributed by atoms with Gasteiger partial charge in [0.25, 0.3) is 0 Å². The second-order valence-corrected chi connectivity index (χ2v) is 9.28. The third kappa shape index (κ3) is 4.43. The van der Waals surface area contributed by atoms with E-state index in [-0.39, 0.29) is 12.1 Å². The van der Waals surface area contributed by atoms with Crippen molar-refractivity contribution in [1.82, 2.24) is 24.7 Å². The summed E-state index contributed by atoms with van der Waals surface area (Å²) in [5, 5.41) is 3.79. The van der Waals surface area contributed by atoms with Gasteiger partial charge in [0.1, 0.15) is 16.5 Å². The molecule has 3 heterocycles. The standard InChI is InChI=1S/C18H21ClN6O2S/c1-28(26,27)25-13-4-2-3-12(9-13)23-16-8-11(7-15(19)24-16)14-10-22-18-17(14)20-5-6-21-18/h5-8,10,12-13,25H,2-4,9H2,1H3,(H,21,22)(H,23,24). The smallest absolute Gasteiger partial charge is 0.208 e. The lowest BCUT2D eigenvalue weighted by Gasteiger charge is -2.30. The van der Waals surface area contributed by atoms with Crippen molar-refractivity contribution in [3.05, 3.63) is 35.9 Å². The lowest BCUT2D eigenvalue weighted by molar-refractivity contribution is 0.386. The summed E-state index contributed by atoms with van der Waals surface area (Å²) in [5.74, 6) is 0.658. The number of aromatic nitrogens is 4. The fourth-order valence-corrected chi connectivity index (χ4v) is 4.76. The fourth-order valence-electron chi connectivity index (χ4n) is 3.74. The van der Waals surface area contributed by atoms with Gasteiger partial charge >= 0.3 is 0 Å². The molecule has 3 N–H and O–H groups in total. The highest BCUT2D eigenvalue weighted by molar-refractivity contribution is 7.88. The van der Waals surface area contributed by atoms with E-state index in [4.69, 9.17) is 11.6 Å². The molecule has 0 bridgehead atoms. The van der Waals surface area contributed by atoms with Crippen molar-refractivity contribution in [1.29, 1.82) is 0 Å². The van der Waals surface area contributed by atoms with E-state index in [9.17, 15) is 8.42 Å². The third-order valence-corrected chi connectivity index (χ3v) is 5.77. The molecule has 1 aliphatic rings. The number of hydrogen-bond donors (Lipinski definition) is 3. The Hall–Kier alpha value is -2.23. The lowest BCUT2D eigenvalue weighted by Crippen LogP contribution is -2.41. The van der Waals surface area contributed by atoms with Gasteiger partial charge in [-0.05, 0) is 43.4 Å². The van der Waals surface area contributed by atoms with Crippen molar-refractivity contribution in [2.24, 2.45) is 0 Å². The van der Waals surface area contributed by atoms with Crippen molar-refractivity contribution >= 4 is 38.6 Å². The maximum atomic E-state index is 11.5. The van der Waals surface area contributed by atoms with Crippen LogP contribution < -0.4 is 10.0 Å².